The van der Waals surface area contributed by atoms with E-state index in [2.05, 4.69) is 10.3 Å². The molecule has 0 aliphatic rings. The van der Waals surface area contributed by atoms with Gasteiger partial charge in [0, 0.05) is 11.6 Å². The fraction of sp³-hybridized carbons (Fsp3) is 0.143. The van der Waals surface area contributed by atoms with Gasteiger partial charge in [0.15, 0.2) is 0 Å². The van der Waals surface area contributed by atoms with Gasteiger partial charge < -0.3 is 14.3 Å². The third-order valence-electron chi connectivity index (χ3n) is 4.44. The number of rotatable bonds is 5. The number of carbonyl (C=O) groups is 1. The first-order chi connectivity index (χ1) is 13.1. The molecule has 1 N–H and O–H groups in total. The average molecular weight is 363 g/mol. The number of hydrogen-bond donors (Lipinski definition) is 1. The minimum atomic E-state index is -0.301. The second-order valence-electron chi connectivity index (χ2n) is 6.34. The summed E-state index contributed by atoms with van der Waals surface area (Å²) < 4.78 is 20.5. The summed E-state index contributed by atoms with van der Waals surface area (Å²) in [4.78, 5) is 17.1. The van der Waals surface area contributed by atoms with Crippen LogP contribution in [0.1, 0.15) is 18.7 Å². The molecule has 1 atom stereocenters. The van der Waals surface area contributed by atoms with Gasteiger partial charge in [0.1, 0.15) is 23.8 Å². The normalized spacial score (nSPS) is 12.2. The molecule has 1 amide bonds. The van der Waals surface area contributed by atoms with Crippen LogP contribution < -0.4 is 5.32 Å². The van der Waals surface area contributed by atoms with E-state index in [0.717, 1.165) is 16.6 Å². The molecule has 3 aromatic heterocycles. The van der Waals surface area contributed by atoms with Gasteiger partial charge in [-0.2, -0.15) is 0 Å². The van der Waals surface area contributed by atoms with E-state index in [1.165, 1.54) is 12.1 Å². The Morgan fingerprint density at radius 2 is 2.04 bits per heavy atom. The summed E-state index contributed by atoms with van der Waals surface area (Å²) in [5.41, 5.74) is 2.34. The van der Waals surface area contributed by atoms with Crippen molar-refractivity contribution < 1.29 is 13.6 Å². The van der Waals surface area contributed by atoms with E-state index >= 15 is 0 Å². The lowest BCUT2D eigenvalue weighted by Gasteiger charge is -2.14. The fourth-order valence-electron chi connectivity index (χ4n) is 3.15. The Morgan fingerprint density at radius 3 is 2.78 bits per heavy atom. The van der Waals surface area contributed by atoms with Crippen molar-refractivity contribution in [1.82, 2.24) is 14.9 Å². The minimum absolute atomic E-state index is 0.0955. The molecule has 5 nitrogen and oxygen atoms in total. The third kappa shape index (κ3) is 3.46. The molecular weight excluding hydrogens is 345 g/mol. The van der Waals surface area contributed by atoms with E-state index in [0.29, 0.717) is 11.4 Å². The van der Waals surface area contributed by atoms with E-state index < -0.39 is 0 Å². The smallest absolute Gasteiger partial charge is 0.240 e. The Bertz CT molecular complexity index is 1070. The van der Waals surface area contributed by atoms with E-state index in [1.54, 1.807) is 30.7 Å². The molecule has 0 unspecified atom stereocenters. The second-order valence-corrected chi connectivity index (χ2v) is 6.34. The van der Waals surface area contributed by atoms with Gasteiger partial charge in [0.25, 0.3) is 0 Å². The molecule has 0 fully saturated rings. The summed E-state index contributed by atoms with van der Waals surface area (Å²) in [6.07, 6.45) is 3.27. The average Bonchev–Trinajstić information content (AvgIpc) is 3.31. The second kappa shape index (κ2) is 7.07. The van der Waals surface area contributed by atoms with Crippen molar-refractivity contribution in [1.29, 1.82) is 0 Å². The first kappa shape index (κ1) is 17.0. The molecule has 0 saturated carbocycles. The molecule has 0 aliphatic carbocycles. The predicted octanol–water partition coefficient (Wildman–Crippen LogP) is 4.31. The Balaban J connectivity index is 1.66. The summed E-state index contributed by atoms with van der Waals surface area (Å²) in [5, 5.41) is 3.85. The topological polar surface area (TPSA) is 60.1 Å². The molecule has 0 radical (unpaired) electrons. The van der Waals surface area contributed by atoms with Crippen molar-refractivity contribution in [2.75, 3.05) is 0 Å². The molecule has 4 rings (SSSR count). The number of nitrogens with zero attached hydrogens (tertiary/aromatic N) is 2. The van der Waals surface area contributed by atoms with Gasteiger partial charge in [0.05, 0.1) is 18.0 Å². The van der Waals surface area contributed by atoms with E-state index in [1.807, 2.05) is 35.8 Å². The molecule has 3 heterocycles. The van der Waals surface area contributed by atoms with Crippen molar-refractivity contribution in [2.24, 2.45) is 0 Å². The molecule has 0 saturated heterocycles. The zero-order valence-electron chi connectivity index (χ0n) is 14.7. The number of aromatic nitrogens is 2. The molecule has 136 valence electrons. The molecule has 0 bridgehead atoms. The molecule has 0 aliphatic heterocycles. The summed E-state index contributed by atoms with van der Waals surface area (Å²) in [5.74, 6) is 0.229. The van der Waals surface area contributed by atoms with Gasteiger partial charge in [-0.3, -0.25) is 4.79 Å². The summed E-state index contributed by atoms with van der Waals surface area (Å²) in [6, 6.07) is 15.3. The number of hydrogen-bond acceptors (Lipinski definition) is 3. The van der Waals surface area contributed by atoms with Crippen LogP contribution in [0.3, 0.4) is 0 Å². The first-order valence-electron chi connectivity index (χ1n) is 8.65. The van der Waals surface area contributed by atoms with Crippen molar-refractivity contribution >= 4 is 16.9 Å². The van der Waals surface area contributed by atoms with Gasteiger partial charge in [-0.1, -0.05) is 0 Å². The Labute approximate surface area is 155 Å². The van der Waals surface area contributed by atoms with Crippen molar-refractivity contribution in [3.63, 3.8) is 0 Å². The van der Waals surface area contributed by atoms with Gasteiger partial charge >= 0.3 is 0 Å². The maximum Gasteiger partial charge on any atom is 0.240 e. The molecule has 4 aromatic rings. The van der Waals surface area contributed by atoms with Gasteiger partial charge in [0.2, 0.25) is 5.91 Å². The number of pyridine rings is 1. The quantitative estimate of drug-likeness (QED) is 0.575. The molecular formula is C21H18FN3O2. The van der Waals surface area contributed by atoms with Crippen molar-refractivity contribution in [2.45, 2.75) is 19.5 Å². The highest BCUT2D eigenvalue weighted by Gasteiger charge is 2.17. The predicted molar refractivity (Wildman–Crippen MR) is 100 cm³/mol. The lowest BCUT2D eigenvalue weighted by Crippen LogP contribution is -2.30. The van der Waals surface area contributed by atoms with Crippen LogP contribution in [0.4, 0.5) is 4.39 Å². The zero-order valence-corrected chi connectivity index (χ0v) is 14.7. The van der Waals surface area contributed by atoms with E-state index in [4.69, 9.17) is 4.42 Å². The maximum atomic E-state index is 13.3. The Morgan fingerprint density at radius 1 is 1.22 bits per heavy atom. The summed E-state index contributed by atoms with van der Waals surface area (Å²) in [6.45, 7) is 1.96. The van der Waals surface area contributed by atoms with Crippen LogP contribution in [0.25, 0.3) is 22.3 Å². The molecule has 1 aromatic carbocycles. The van der Waals surface area contributed by atoms with Crippen molar-refractivity contribution in [3.05, 3.63) is 78.6 Å². The number of furan rings is 1. The minimum Gasteiger partial charge on any atom is -0.467 e. The number of fused-ring (bicyclic) bond motifs is 1. The molecule has 6 heteroatoms. The van der Waals surface area contributed by atoms with Crippen LogP contribution in [0, 0.1) is 5.82 Å². The highest BCUT2D eigenvalue weighted by molar-refractivity contribution is 5.87. The summed E-state index contributed by atoms with van der Waals surface area (Å²) in [7, 11) is 0. The van der Waals surface area contributed by atoms with Crippen LogP contribution in [0.15, 0.2) is 71.5 Å². The number of carbonyl (C=O) groups excluding carboxylic acids is 1. The first-order valence-corrected chi connectivity index (χ1v) is 8.65. The van der Waals surface area contributed by atoms with Crippen LogP contribution in [0.5, 0.6) is 0 Å². The Kier molecular flexibility index (Phi) is 4.46. The fourth-order valence-corrected chi connectivity index (χ4v) is 3.15. The summed E-state index contributed by atoms with van der Waals surface area (Å²) >= 11 is 0. The highest BCUT2D eigenvalue weighted by atomic mass is 19.1. The van der Waals surface area contributed by atoms with Crippen LogP contribution >= 0.6 is 0 Å². The third-order valence-corrected chi connectivity index (χ3v) is 4.44. The van der Waals surface area contributed by atoms with Crippen LogP contribution in [0.2, 0.25) is 0 Å². The van der Waals surface area contributed by atoms with Crippen LogP contribution in [-0.2, 0) is 11.3 Å². The highest BCUT2D eigenvalue weighted by Crippen LogP contribution is 2.27. The lowest BCUT2D eigenvalue weighted by molar-refractivity contribution is -0.122. The molecule has 0 spiro atoms. The maximum absolute atomic E-state index is 13.3. The number of halogens is 1. The monoisotopic (exact) mass is 363 g/mol. The number of nitrogens with one attached hydrogen (secondary N) is 1. The van der Waals surface area contributed by atoms with Crippen LogP contribution in [-0.4, -0.2) is 15.5 Å². The van der Waals surface area contributed by atoms with E-state index in [-0.39, 0.29) is 24.3 Å². The lowest BCUT2D eigenvalue weighted by atomic mass is 10.1. The largest absolute Gasteiger partial charge is 0.467 e. The van der Waals surface area contributed by atoms with Gasteiger partial charge in [-0.05, 0) is 67.1 Å². The van der Waals surface area contributed by atoms with E-state index in [9.17, 15) is 9.18 Å². The van der Waals surface area contributed by atoms with Gasteiger partial charge in [-0.25, -0.2) is 9.37 Å². The standard InChI is InChI=1S/C21H18FN3O2/c1-14(19-5-3-11-27-19)24-20(26)13-25-18(15-6-8-17(22)9-7-15)12-16-4-2-10-23-21(16)25/h2-12,14H,13H2,1H3,(H,24,26)/t14-/m1/s1. The van der Waals surface area contributed by atoms with Crippen molar-refractivity contribution in [3.8, 4) is 11.3 Å². The SMILES string of the molecule is C[C@@H](NC(=O)Cn1c(-c2ccc(F)cc2)cc2cccnc21)c1ccco1. The molecule has 27 heavy (non-hydrogen) atoms. The number of benzene rings is 1. The Hall–Kier alpha value is -3.41. The number of amides is 1. The van der Waals surface area contributed by atoms with Gasteiger partial charge in [-0.15, -0.1) is 0 Å². The zero-order chi connectivity index (χ0) is 18.8.